The number of benzene rings is 1. The minimum atomic E-state index is 0.332. The van der Waals surface area contributed by atoms with Crippen molar-refractivity contribution in [2.75, 3.05) is 0 Å². The number of halogens is 1. The van der Waals surface area contributed by atoms with Gasteiger partial charge in [-0.25, -0.2) is 0 Å². The summed E-state index contributed by atoms with van der Waals surface area (Å²) < 4.78 is 0. The molecule has 0 radical (unpaired) electrons. The second kappa shape index (κ2) is 6.08. The molecule has 0 nitrogen and oxygen atoms in total. The van der Waals surface area contributed by atoms with Crippen LogP contribution in [0.5, 0.6) is 0 Å². The summed E-state index contributed by atoms with van der Waals surface area (Å²) in [4.78, 5) is 0. The molecule has 0 aliphatic carbocycles. The Morgan fingerprint density at radius 3 is 2.36 bits per heavy atom. The Kier molecular flexibility index (Phi) is 5.03. The van der Waals surface area contributed by atoms with Crippen LogP contribution < -0.4 is 0 Å². The van der Waals surface area contributed by atoms with E-state index < -0.39 is 0 Å². The molecule has 0 aliphatic heterocycles. The van der Waals surface area contributed by atoms with Crippen LogP contribution in [0, 0.1) is 5.92 Å². The quantitative estimate of drug-likeness (QED) is 0.637. The molecule has 0 fully saturated rings. The maximum Gasteiger partial charge on any atom is 0.0359 e. The highest BCUT2D eigenvalue weighted by Gasteiger charge is 2.08. The molecule has 0 spiro atoms. The number of hydrogen-bond donors (Lipinski definition) is 0. The lowest BCUT2D eigenvalue weighted by Crippen LogP contribution is -2.07. The van der Waals surface area contributed by atoms with Crippen LogP contribution in [0.25, 0.3) is 0 Å². The van der Waals surface area contributed by atoms with Crippen molar-refractivity contribution in [2.24, 2.45) is 5.92 Å². The fourth-order valence-electron chi connectivity index (χ4n) is 1.48. The second-order valence-corrected chi connectivity index (χ2v) is 4.70. The molecule has 0 heterocycles. The van der Waals surface area contributed by atoms with Gasteiger partial charge >= 0.3 is 0 Å². The summed E-state index contributed by atoms with van der Waals surface area (Å²) in [5.41, 5.74) is 1.42. The van der Waals surface area contributed by atoms with Crippen molar-refractivity contribution in [1.82, 2.24) is 0 Å². The van der Waals surface area contributed by atoms with Gasteiger partial charge in [-0.3, -0.25) is 0 Å². The first-order valence-corrected chi connectivity index (χ1v) is 5.82. The third-order valence-corrected chi connectivity index (χ3v) is 3.23. The standard InChI is InChI=1S/C13H19Cl/c1-11(2)13(14)10-6-9-12-7-4-3-5-8-12/h3-5,7-8,11,13H,6,9-10H2,1-2H3. The lowest BCUT2D eigenvalue weighted by molar-refractivity contribution is 0.547. The van der Waals surface area contributed by atoms with Gasteiger partial charge < -0.3 is 0 Å². The number of aryl methyl sites for hydroxylation is 1. The van der Waals surface area contributed by atoms with Gasteiger partial charge in [-0.2, -0.15) is 0 Å². The smallest absolute Gasteiger partial charge is 0.0359 e. The van der Waals surface area contributed by atoms with Crippen molar-refractivity contribution in [3.8, 4) is 0 Å². The van der Waals surface area contributed by atoms with E-state index in [1.165, 1.54) is 12.0 Å². The van der Waals surface area contributed by atoms with E-state index >= 15 is 0 Å². The summed E-state index contributed by atoms with van der Waals surface area (Å²) in [6, 6.07) is 10.6. The number of rotatable bonds is 5. The zero-order chi connectivity index (χ0) is 10.4. The van der Waals surface area contributed by atoms with E-state index in [0.717, 1.165) is 12.8 Å². The van der Waals surface area contributed by atoms with Crippen LogP contribution in [0.4, 0.5) is 0 Å². The summed E-state index contributed by atoms with van der Waals surface area (Å²) >= 11 is 6.18. The van der Waals surface area contributed by atoms with Crippen LogP contribution in [0.1, 0.15) is 32.3 Å². The maximum absolute atomic E-state index is 6.18. The first-order valence-electron chi connectivity index (χ1n) is 5.38. The van der Waals surface area contributed by atoms with Gasteiger partial charge in [0.15, 0.2) is 0 Å². The SMILES string of the molecule is CC(C)C(Cl)CCCc1ccccc1. The lowest BCUT2D eigenvalue weighted by atomic mass is 10.0. The van der Waals surface area contributed by atoms with E-state index in [-0.39, 0.29) is 0 Å². The Morgan fingerprint density at radius 1 is 1.14 bits per heavy atom. The van der Waals surface area contributed by atoms with Crippen molar-refractivity contribution in [1.29, 1.82) is 0 Å². The monoisotopic (exact) mass is 210 g/mol. The lowest BCUT2D eigenvalue weighted by Gasteiger charge is -2.12. The van der Waals surface area contributed by atoms with E-state index in [0.29, 0.717) is 11.3 Å². The summed E-state index contributed by atoms with van der Waals surface area (Å²) in [5, 5.41) is 0.332. The highest BCUT2D eigenvalue weighted by molar-refractivity contribution is 6.20. The fraction of sp³-hybridized carbons (Fsp3) is 0.538. The first kappa shape index (κ1) is 11.6. The third-order valence-electron chi connectivity index (χ3n) is 2.51. The normalized spacial score (nSPS) is 13.1. The minimum Gasteiger partial charge on any atom is -0.123 e. The molecule has 0 saturated heterocycles. The Hall–Kier alpha value is -0.490. The zero-order valence-corrected chi connectivity index (χ0v) is 9.80. The van der Waals surface area contributed by atoms with Gasteiger partial charge in [0.25, 0.3) is 0 Å². The van der Waals surface area contributed by atoms with Gasteiger partial charge in [0, 0.05) is 5.38 Å². The van der Waals surface area contributed by atoms with Crippen LogP contribution in [-0.4, -0.2) is 5.38 Å². The summed E-state index contributed by atoms with van der Waals surface area (Å²) in [6.45, 7) is 4.36. The maximum atomic E-state index is 6.18. The van der Waals surface area contributed by atoms with Crippen molar-refractivity contribution in [2.45, 2.75) is 38.5 Å². The Bertz CT molecular complexity index is 241. The van der Waals surface area contributed by atoms with Gasteiger partial charge in [-0.05, 0) is 30.7 Å². The highest BCUT2D eigenvalue weighted by Crippen LogP contribution is 2.16. The van der Waals surface area contributed by atoms with E-state index in [9.17, 15) is 0 Å². The molecule has 78 valence electrons. The Labute approximate surface area is 92.3 Å². The average molecular weight is 211 g/mol. The molecule has 0 bridgehead atoms. The molecular formula is C13H19Cl. The number of hydrogen-bond acceptors (Lipinski definition) is 0. The Morgan fingerprint density at radius 2 is 1.79 bits per heavy atom. The molecule has 14 heavy (non-hydrogen) atoms. The van der Waals surface area contributed by atoms with Crippen molar-refractivity contribution >= 4 is 11.6 Å². The molecule has 1 unspecified atom stereocenters. The molecule has 1 aromatic rings. The zero-order valence-electron chi connectivity index (χ0n) is 9.04. The fourth-order valence-corrected chi connectivity index (χ4v) is 1.63. The third kappa shape index (κ3) is 4.15. The molecule has 0 aromatic heterocycles. The molecule has 0 N–H and O–H groups in total. The van der Waals surface area contributed by atoms with E-state index in [4.69, 9.17) is 11.6 Å². The van der Waals surface area contributed by atoms with E-state index in [1.807, 2.05) is 0 Å². The van der Waals surface area contributed by atoms with Gasteiger partial charge in [-0.1, -0.05) is 44.2 Å². The van der Waals surface area contributed by atoms with Crippen molar-refractivity contribution < 1.29 is 0 Å². The van der Waals surface area contributed by atoms with Crippen molar-refractivity contribution in [3.63, 3.8) is 0 Å². The van der Waals surface area contributed by atoms with E-state index in [2.05, 4.69) is 44.2 Å². The Balaban J connectivity index is 2.22. The van der Waals surface area contributed by atoms with Gasteiger partial charge in [0.1, 0.15) is 0 Å². The molecular weight excluding hydrogens is 192 g/mol. The molecule has 1 heteroatoms. The molecule has 1 aromatic carbocycles. The van der Waals surface area contributed by atoms with Gasteiger partial charge in [0.2, 0.25) is 0 Å². The largest absolute Gasteiger partial charge is 0.123 e. The van der Waals surface area contributed by atoms with Crippen LogP contribution in [0.3, 0.4) is 0 Å². The van der Waals surface area contributed by atoms with Crippen LogP contribution >= 0.6 is 11.6 Å². The second-order valence-electron chi connectivity index (χ2n) is 4.14. The van der Waals surface area contributed by atoms with Gasteiger partial charge in [0.05, 0.1) is 0 Å². The minimum absolute atomic E-state index is 0.332. The first-order chi connectivity index (χ1) is 6.70. The predicted octanol–water partition coefficient (Wildman–Crippen LogP) is 4.27. The van der Waals surface area contributed by atoms with Gasteiger partial charge in [-0.15, -0.1) is 11.6 Å². The number of alkyl halides is 1. The summed E-state index contributed by atoms with van der Waals surface area (Å²) in [7, 11) is 0. The van der Waals surface area contributed by atoms with Crippen LogP contribution in [0.2, 0.25) is 0 Å². The average Bonchev–Trinajstić information content (AvgIpc) is 2.19. The molecule has 0 amide bonds. The topological polar surface area (TPSA) is 0 Å². The van der Waals surface area contributed by atoms with Crippen LogP contribution in [-0.2, 0) is 6.42 Å². The van der Waals surface area contributed by atoms with E-state index in [1.54, 1.807) is 0 Å². The molecule has 1 rings (SSSR count). The van der Waals surface area contributed by atoms with Crippen LogP contribution in [0.15, 0.2) is 30.3 Å². The van der Waals surface area contributed by atoms with Crippen molar-refractivity contribution in [3.05, 3.63) is 35.9 Å². The summed E-state index contributed by atoms with van der Waals surface area (Å²) in [6.07, 6.45) is 3.46. The molecule has 1 atom stereocenters. The predicted molar refractivity (Wildman–Crippen MR) is 63.9 cm³/mol. The summed E-state index contributed by atoms with van der Waals surface area (Å²) in [5.74, 6) is 0.590. The molecule has 0 aliphatic rings. The molecule has 0 saturated carbocycles. The highest BCUT2D eigenvalue weighted by atomic mass is 35.5.